The highest BCUT2D eigenvalue weighted by Crippen LogP contribution is 2.31. The van der Waals surface area contributed by atoms with E-state index >= 15 is 0 Å². The van der Waals surface area contributed by atoms with Crippen LogP contribution in [-0.2, 0) is 6.54 Å². The second-order valence-corrected chi connectivity index (χ2v) is 5.04. The van der Waals surface area contributed by atoms with Crippen LogP contribution in [0.5, 0.6) is 0 Å². The summed E-state index contributed by atoms with van der Waals surface area (Å²) in [5.41, 5.74) is 1.16. The van der Waals surface area contributed by atoms with Crippen LogP contribution in [0.15, 0.2) is 12.3 Å². The van der Waals surface area contributed by atoms with Crippen LogP contribution in [0.1, 0.15) is 56.0 Å². The summed E-state index contributed by atoms with van der Waals surface area (Å²) in [4.78, 5) is 9.11. The molecule has 0 radical (unpaired) electrons. The first-order valence-electron chi connectivity index (χ1n) is 6.47. The standard InChI is InChI=1S/C13H19N3/c1-2-4-10(3-1)13-14-8-7-12(16-13)9-15-11-5-6-11/h7-8,10-11,15H,1-6,9H2. The van der Waals surface area contributed by atoms with Crippen LogP contribution in [0.2, 0.25) is 0 Å². The van der Waals surface area contributed by atoms with Gasteiger partial charge in [-0.1, -0.05) is 12.8 Å². The van der Waals surface area contributed by atoms with Gasteiger partial charge >= 0.3 is 0 Å². The number of hydrogen-bond donors (Lipinski definition) is 1. The van der Waals surface area contributed by atoms with Gasteiger partial charge in [0.2, 0.25) is 0 Å². The van der Waals surface area contributed by atoms with E-state index in [9.17, 15) is 0 Å². The van der Waals surface area contributed by atoms with Gasteiger partial charge in [0.1, 0.15) is 5.82 Å². The predicted molar refractivity (Wildman–Crippen MR) is 63.1 cm³/mol. The summed E-state index contributed by atoms with van der Waals surface area (Å²) < 4.78 is 0. The predicted octanol–water partition coefficient (Wildman–Crippen LogP) is 2.39. The Hall–Kier alpha value is -0.960. The van der Waals surface area contributed by atoms with Gasteiger partial charge < -0.3 is 5.32 Å². The Kier molecular flexibility index (Phi) is 2.87. The van der Waals surface area contributed by atoms with Crippen molar-refractivity contribution >= 4 is 0 Å². The highest BCUT2D eigenvalue weighted by atomic mass is 15.0. The van der Waals surface area contributed by atoms with Crippen molar-refractivity contribution in [1.82, 2.24) is 15.3 Å². The SMILES string of the molecule is c1cc(CNC2CC2)nc(C2CCCC2)n1. The third-order valence-corrected chi connectivity index (χ3v) is 3.60. The van der Waals surface area contributed by atoms with E-state index in [1.54, 1.807) is 0 Å². The lowest BCUT2D eigenvalue weighted by Gasteiger charge is -2.09. The van der Waals surface area contributed by atoms with E-state index in [1.165, 1.54) is 38.5 Å². The van der Waals surface area contributed by atoms with Crippen molar-refractivity contribution < 1.29 is 0 Å². The first-order chi connectivity index (χ1) is 7.92. The third kappa shape index (κ3) is 2.40. The lowest BCUT2D eigenvalue weighted by Crippen LogP contribution is -2.17. The van der Waals surface area contributed by atoms with Gasteiger partial charge in [0, 0.05) is 24.7 Å². The van der Waals surface area contributed by atoms with Gasteiger partial charge in [0.05, 0.1) is 5.69 Å². The van der Waals surface area contributed by atoms with E-state index in [1.807, 2.05) is 12.3 Å². The monoisotopic (exact) mass is 217 g/mol. The van der Waals surface area contributed by atoms with Gasteiger partial charge in [-0.25, -0.2) is 9.97 Å². The molecule has 0 bridgehead atoms. The minimum Gasteiger partial charge on any atom is -0.308 e. The van der Waals surface area contributed by atoms with Crippen molar-refractivity contribution in [3.8, 4) is 0 Å². The van der Waals surface area contributed by atoms with Crippen LogP contribution in [0.3, 0.4) is 0 Å². The summed E-state index contributed by atoms with van der Waals surface area (Å²) in [5, 5.41) is 3.50. The van der Waals surface area contributed by atoms with Crippen molar-refractivity contribution in [1.29, 1.82) is 0 Å². The summed E-state index contributed by atoms with van der Waals surface area (Å²) in [6.07, 6.45) is 9.84. The van der Waals surface area contributed by atoms with Crippen LogP contribution in [0.4, 0.5) is 0 Å². The fraction of sp³-hybridized carbons (Fsp3) is 0.692. The lowest BCUT2D eigenvalue weighted by atomic mass is 10.1. The fourth-order valence-electron chi connectivity index (χ4n) is 2.43. The van der Waals surface area contributed by atoms with Crippen LogP contribution in [0, 0.1) is 0 Å². The van der Waals surface area contributed by atoms with Crippen LogP contribution < -0.4 is 5.32 Å². The van der Waals surface area contributed by atoms with Gasteiger partial charge in [-0.15, -0.1) is 0 Å². The largest absolute Gasteiger partial charge is 0.308 e. The zero-order valence-corrected chi connectivity index (χ0v) is 9.65. The van der Waals surface area contributed by atoms with Crippen molar-refractivity contribution in [3.05, 3.63) is 23.8 Å². The molecule has 86 valence electrons. The topological polar surface area (TPSA) is 37.8 Å². The second-order valence-electron chi connectivity index (χ2n) is 5.04. The fourth-order valence-corrected chi connectivity index (χ4v) is 2.43. The summed E-state index contributed by atoms with van der Waals surface area (Å²) in [6, 6.07) is 2.79. The van der Waals surface area contributed by atoms with E-state index in [0.29, 0.717) is 5.92 Å². The molecule has 0 unspecified atom stereocenters. The highest BCUT2D eigenvalue weighted by Gasteiger charge is 2.21. The van der Waals surface area contributed by atoms with Crippen molar-refractivity contribution in [3.63, 3.8) is 0 Å². The molecule has 0 spiro atoms. The van der Waals surface area contributed by atoms with Crippen molar-refractivity contribution in [2.45, 2.75) is 57.0 Å². The Balaban J connectivity index is 1.65. The zero-order chi connectivity index (χ0) is 10.8. The normalized spacial score (nSPS) is 21.5. The molecule has 3 rings (SSSR count). The minimum absolute atomic E-state index is 0.626. The summed E-state index contributed by atoms with van der Waals surface area (Å²) in [7, 11) is 0. The Morgan fingerprint density at radius 1 is 1.19 bits per heavy atom. The Labute approximate surface area is 96.7 Å². The molecule has 1 aromatic heterocycles. The number of hydrogen-bond acceptors (Lipinski definition) is 3. The van der Waals surface area contributed by atoms with E-state index in [2.05, 4.69) is 15.3 Å². The average Bonchev–Trinajstić information content (AvgIpc) is 2.99. The van der Waals surface area contributed by atoms with Gasteiger partial charge in [-0.2, -0.15) is 0 Å². The van der Waals surface area contributed by atoms with Crippen molar-refractivity contribution in [2.75, 3.05) is 0 Å². The smallest absolute Gasteiger partial charge is 0.131 e. The van der Waals surface area contributed by atoms with E-state index in [-0.39, 0.29) is 0 Å². The van der Waals surface area contributed by atoms with E-state index in [0.717, 1.165) is 24.1 Å². The molecule has 0 amide bonds. The molecule has 0 aromatic carbocycles. The Morgan fingerprint density at radius 2 is 2.00 bits per heavy atom. The van der Waals surface area contributed by atoms with Gasteiger partial charge in [0.25, 0.3) is 0 Å². The summed E-state index contributed by atoms with van der Waals surface area (Å²) >= 11 is 0. The van der Waals surface area contributed by atoms with Gasteiger partial charge in [0.15, 0.2) is 0 Å². The highest BCUT2D eigenvalue weighted by molar-refractivity contribution is 5.07. The molecule has 16 heavy (non-hydrogen) atoms. The number of aromatic nitrogens is 2. The molecule has 0 atom stereocenters. The van der Waals surface area contributed by atoms with Crippen LogP contribution in [-0.4, -0.2) is 16.0 Å². The van der Waals surface area contributed by atoms with Crippen LogP contribution >= 0.6 is 0 Å². The molecule has 1 heterocycles. The molecule has 1 N–H and O–H groups in total. The molecule has 2 saturated carbocycles. The third-order valence-electron chi connectivity index (χ3n) is 3.60. The van der Waals surface area contributed by atoms with Crippen molar-refractivity contribution in [2.24, 2.45) is 0 Å². The average molecular weight is 217 g/mol. The summed E-state index contributed by atoms with van der Waals surface area (Å²) in [6.45, 7) is 0.910. The zero-order valence-electron chi connectivity index (χ0n) is 9.65. The van der Waals surface area contributed by atoms with Gasteiger partial charge in [-0.3, -0.25) is 0 Å². The Morgan fingerprint density at radius 3 is 2.75 bits per heavy atom. The van der Waals surface area contributed by atoms with Gasteiger partial charge in [-0.05, 0) is 31.7 Å². The minimum atomic E-state index is 0.626. The number of nitrogens with zero attached hydrogens (tertiary/aromatic N) is 2. The molecule has 0 aliphatic heterocycles. The maximum Gasteiger partial charge on any atom is 0.131 e. The molecule has 2 aliphatic rings. The molecule has 2 aliphatic carbocycles. The molecule has 2 fully saturated rings. The maximum absolute atomic E-state index is 4.68. The lowest BCUT2D eigenvalue weighted by molar-refractivity contribution is 0.634. The number of nitrogens with one attached hydrogen (secondary N) is 1. The van der Waals surface area contributed by atoms with E-state index in [4.69, 9.17) is 0 Å². The van der Waals surface area contributed by atoms with E-state index < -0.39 is 0 Å². The maximum atomic E-state index is 4.68. The molecule has 0 saturated heterocycles. The molecule has 3 heteroatoms. The number of rotatable bonds is 4. The van der Waals surface area contributed by atoms with Crippen LogP contribution in [0.25, 0.3) is 0 Å². The first kappa shape index (κ1) is 10.2. The quantitative estimate of drug-likeness (QED) is 0.841. The summed E-state index contributed by atoms with van der Waals surface area (Å²) in [5.74, 6) is 1.70. The molecular formula is C13H19N3. The molecule has 3 nitrogen and oxygen atoms in total. The molecule has 1 aromatic rings. The second kappa shape index (κ2) is 4.50. The Bertz CT molecular complexity index is 354. The first-order valence-corrected chi connectivity index (χ1v) is 6.47. The molecular weight excluding hydrogens is 198 g/mol.